The minimum atomic E-state index is -0.407. The minimum Gasteiger partial charge on any atom is -0.462 e. The highest BCUT2D eigenvalue weighted by Crippen LogP contribution is 2.24. The molecule has 0 fully saturated rings. The summed E-state index contributed by atoms with van der Waals surface area (Å²) < 4.78 is 5.09. The van der Waals surface area contributed by atoms with Crippen molar-refractivity contribution < 1.29 is 14.3 Å². The molecule has 0 heterocycles. The lowest BCUT2D eigenvalue weighted by Gasteiger charge is -2.23. The van der Waals surface area contributed by atoms with Gasteiger partial charge < -0.3 is 9.64 Å². The highest BCUT2D eigenvalue weighted by Gasteiger charge is 2.21. The Morgan fingerprint density at radius 2 is 1.67 bits per heavy atom. The number of anilines is 1. The number of carbonyl (C=O) groups is 2. The molecule has 2 rings (SSSR count). The van der Waals surface area contributed by atoms with E-state index in [-0.39, 0.29) is 5.91 Å². The third-order valence-corrected chi connectivity index (χ3v) is 4.41. The number of rotatable bonds is 7. The van der Waals surface area contributed by atoms with E-state index in [9.17, 15) is 9.59 Å². The van der Waals surface area contributed by atoms with Gasteiger partial charge in [0.25, 0.3) is 0 Å². The number of amides is 1. The molecule has 0 aromatic heterocycles. The zero-order valence-electron chi connectivity index (χ0n) is 13.9. The molecule has 0 spiro atoms. The molecular weight excluding hydrogens is 322 g/mol. The zero-order chi connectivity index (χ0) is 17.4. The topological polar surface area (TPSA) is 46.6 Å². The second-order valence-electron chi connectivity index (χ2n) is 4.98. The Hall–Kier alpha value is -2.27. The van der Waals surface area contributed by atoms with Gasteiger partial charge in [0.2, 0.25) is 5.91 Å². The maximum atomic E-state index is 12.6. The second-order valence-corrected chi connectivity index (χ2v) is 6.03. The molecule has 126 valence electrons. The van der Waals surface area contributed by atoms with Crippen molar-refractivity contribution in [2.24, 2.45) is 0 Å². The van der Waals surface area contributed by atoms with E-state index < -0.39 is 5.97 Å². The highest BCUT2D eigenvalue weighted by atomic mass is 32.2. The van der Waals surface area contributed by atoms with Gasteiger partial charge in [-0.1, -0.05) is 30.3 Å². The third-order valence-electron chi connectivity index (χ3n) is 3.41. The van der Waals surface area contributed by atoms with E-state index in [4.69, 9.17) is 4.74 Å². The fourth-order valence-corrected chi connectivity index (χ4v) is 3.11. The van der Waals surface area contributed by atoms with Crippen LogP contribution in [0.15, 0.2) is 59.5 Å². The van der Waals surface area contributed by atoms with Crippen LogP contribution in [0.1, 0.15) is 24.2 Å². The van der Waals surface area contributed by atoms with Gasteiger partial charge in [-0.05, 0) is 38.1 Å². The summed E-state index contributed by atoms with van der Waals surface area (Å²) in [7, 11) is 0. The number of carbonyl (C=O) groups excluding carboxylic acids is 2. The Balaban J connectivity index is 2.15. The molecule has 0 aliphatic carbocycles. The lowest BCUT2D eigenvalue weighted by Crippen LogP contribution is -2.33. The van der Waals surface area contributed by atoms with E-state index in [1.807, 2.05) is 43.3 Å². The number of esters is 1. The van der Waals surface area contributed by atoms with Crippen LogP contribution in [0.4, 0.5) is 5.69 Å². The van der Waals surface area contributed by atoms with Crippen LogP contribution in [-0.2, 0) is 9.53 Å². The summed E-state index contributed by atoms with van der Waals surface area (Å²) in [5, 5.41) is 0. The Morgan fingerprint density at radius 3 is 2.33 bits per heavy atom. The van der Waals surface area contributed by atoms with E-state index in [1.54, 1.807) is 30.0 Å². The van der Waals surface area contributed by atoms with Gasteiger partial charge in [0, 0.05) is 11.4 Å². The molecule has 0 aliphatic heterocycles. The van der Waals surface area contributed by atoms with Gasteiger partial charge in [0.1, 0.15) is 0 Å². The summed E-state index contributed by atoms with van der Waals surface area (Å²) in [6.07, 6.45) is 0. The van der Waals surface area contributed by atoms with Gasteiger partial charge in [-0.25, -0.2) is 4.79 Å². The van der Waals surface area contributed by atoms with Crippen LogP contribution in [0, 0.1) is 0 Å². The maximum Gasteiger partial charge on any atom is 0.340 e. The number of hydrogen-bond acceptors (Lipinski definition) is 4. The van der Waals surface area contributed by atoms with Crippen molar-refractivity contribution in [3.8, 4) is 0 Å². The second kappa shape index (κ2) is 9.13. The van der Waals surface area contributed by atoms with Crippen molar-refractivity contribution in [2.45, 2.75) is 18.7 Å². The van der Waals surface area contributed by atoms with Gasteiger partial charge in [-0.3, -0.25) is 4.79 Å². The predicted octanol–water partition coefficient (Wildman–Crippen LogP) is 4.01. The molecule has 4 nitrogen and oxygen atoms in total. The van der Waals surface area contributed by atoms with E-state index in [2.05, 4.69) is 0 Å². The normalized spacial score (nSPS) is 10.2. The molecular formula is C19H21NO3S. The summed E-state index contributed by atoms with van der Waals surface area (Å²) in [4.78, 5) is 27.4. The maximum absolute atomic E-state index is 12.6. The summed E-state index contributed by atoms with van der Waals surface area (Å²) >= 11 is 1.48. The first-order valence-corrected chi connectivity index (χ1v) is 8.90. The van der Waals surface area contributed by atoms with Crippen LogP contribution in [0.3, 0.4) is 0 Å². The molecule has 0 atom stereocenters. The van der Waals surface area contributed by atoms with Crippen molar-refractivity contribution in [1.29, 1.82) is 0 Å². The Morgan fingerprint density at radius 1 is 1.00 bits per heavy atom. The first-order valence-electron chi connectivity index (χ1n) is 7.91. The van der Waals surface area contributed by atoms with Crippen LogP contribution in [-0.4, -0.2) is 30.8 Å². The molecule has 2 aromatic carbocycles. The van der Waals surface area contributed by atoms with E-state index in [0.29, 0.717) is 30.2 Å². The lowest BCUT2D eigenvalue weighted by atomic mass is 10.1. The number of benzene rings is 2. The van der Waals surface area contributed by atoms with Crippen LogP contribution in [0.25, 0.3) is 0 Å². The van der Waals surface area contributed by atoms with Crippen LogP contribution in [0.5, 0.6) is 0 Å². The molecule has 0 saturated heterocycles. The summed E-state index contributed by atoms with van der Waals surface area (Å²) in [5.74, 6) is -0.132. The first-order chi connectivity index (χ1) is 11.7. The number of nitrogens with zero attached hydrogens (tertiary/aromatic N) is 1. The monoisotopic (exact) mass is 343 g/mol. The average Bonchev–Trinajstić information content (AvgIpc) is 2.62. The molecule has 5 heteroatoms. The van der Waals surface area contributed by atoms with Gasteiger partial charge in [-0.15, -0.1) is 11.8 Å². The van der Waals surface area contributed by atoms with Crippen LogP contribution in [0.2, 0.25) is 0 Å². The molecule has 0 unspecified atom stereocenters. The standard InChI is InChI=1S/C19H21NO3S/c1-3-20(18(21)14-24-15-10-6-5-7-11-15)17-13-9-8-12-16(17)19(22)23-4-2/h5-13H,3-4,14H2,1-2H3. The first kappa shape index (κ1) is 18.1. The van der Waals surface area contributed by atoms with Crippen molar-refractivity contribution in [1.82, 2.24) is 0 Å². The summed E-state index contributed by atoms with van der Waals surface area (Å²) in [5.41, 5.74) is 1.01. The minimum absolute atomic E-state index is 0.0388. The van der Waals surface area contributed by atoms with Crippen molar-refractivity contribution >= 4 is 29.3 Å². The molecule has 0 saturated carbocycles. The fourth-order valence-electron chi connectivity index (χ4n) is 2.31. The van der Waals surface area contributed by atoms with Crippen molar-refractivity contribution in [3.05, 3.63) is 60.2 Å². The molecule has 0 aliphatic rings. The van der Waals surface area contributed by atoms with Crippen LogP contribution >= 0.6 is 11.8 Å². The molecule has 0 N–H and O–H groups in total. The van der Waals surface area contributed by atoms with E-state index in [0.717, 1.165) is 4.90 Å². The number of hydrogen-bond donors (Lipinski definition) is 0. The smallest absolute Gasteiger partial charge is 0.340 e. The summed E-state index contributed by atoms with van der Waals surface area (Å²) in [6.45, 7) is 4.45. The zero-order valence-corrected chi connectivity index (χ0v) is 14.7. The Bertz CT molecular complexity index is 688. The predicted molar refractivity (Wildman–Crippen MR) is 97.6 cm³/mol. The molecule has 0 radical (unpaired) electrons. The Labute approximate surface area is 146 Å². The Kier molecular flexibility index (Phi) is 6.88. The lowest BCUT2D eigenvalue weighted by molar-refractivity contribution is -0.116. The number of ether oxygens (including phenoxy) is 1. The van der Waals surface area contributed by atoms with Gasteiger partial charge >= 0.3 is 5.97 Å². The SMILES string of the molecule is CCOC(=O)c1ccccc1N(CC)C(=O)CSc1ccccc1. The molecule has 1 amide bonds. The fraction of sp³-hybridized carbons (Fsp3) is 0.263. The molecule has 24 heavy (non-hydrogen) atoms. The van der Waals surface area contributed by atoms with E-state index >= 15 is 0 Å². The average molecular weight is 343 g/mol. The summed E-state index contributed by atoms with van der Waals surface area (Å²) in [6, 6.07) is 16.8. The molecule has 2 aromatic rings. The van der Waals surface area contributed by atoms with E-state index in [1.165, 1.54) is 11.8 Å². The van der Waals surface area contributed by atoms with Crippen molar-refractivity contribution in [3.63, 3.8) is 0 Å². The van der Waals surface area contributed by atoms with Crippen LogP contribution < -0.4 is 4.90 Å². The third kappa shape index (κ3) is 4.61. The van der Waals surface area contributed by atoms with Crippen molar-refractivity contribution in [2.75, 3.05) is 23.8 Å². The van der Waals surface area contributed by atoms with Gasteiger partial charge in [0.05, 0.1) is 23.6 Å². The molecule has 0 bridgehead atoms. The quantitative estimate of drug-likeness (QED) is 0.563. The van der Waals surface area contributed by atoms with Gasteiger partial charge in [-0.2, -0.15) is 0 Å². The number of para-hydroxylation sites is 1. The number of thioether (sulfide) groups is 1. The van der Waals surface area contributed by atoms with Gasteiger partial charge in [0.15, 0.2) is 0 Å². The largest absolute Gasteiger partial charge is 0.462 e. The highest BCUT2D eigenvalue weighted by molar-refractivity contribution is 8.00.